The zero-order chi connectivity index (χ0) is 16.1. The molecule has 0 unspecified atom stereocenters. The third-order valence-electron chi connectivity index (χ3n) is 2.86. The molecule has 0 saturated heterocycles. The summed E-state index contributed by atoms with van der Waals surface area (Å²) in [5.74, 6) is -0.962. The molecule has 2 N–H and O–H groups in total. The minimum Gasteiger partial charge on any atom is -0.507 e. The maximum atomic E-state index is 12.1. The number of halogens is 1. The zero-order valence-corrected chi connectivity index (χ0v) is 13.4. The van der Waals surface area contributed by atoms with Crippen molar-refractivity contribution in [1.29, 1.82) is 0 Å². The highest BCUT2D eigenvalue weighted by Crippen LogP contribution is 2.23. The van der Waals surface area contributed by atoms with Gasteiger partial charge in [-0.05, 0) is 49.4 Å². The lowest BCUT2D eigenvalue weighted by atomic mass is 10.1. The fraction of sp³-hybridized carbons (Fsp3) is 0.125. The lowest BCUT2D eigenvalue weighted by molar-refractivity contribution is 0.0526. The molecule has 22 heavy (non-hydrogen) atoms. The topological polar surface area (TPSA) is 75.6 Å². The van der Waals surface area contributed by atoms with E-state index in [1.165, 1.54) is 12.1 Å². The summed E-state index contributed by atoms with van der Waals surface area (Å²) in [6.07, 6.45) is 0. The number of anilines is 1. The van der Waals surface area contributed by atoms with Crippen molar-refractivity contribution >= 4 is 33.5 Å². The Balaban J connectivity index is 2.12. The van der Waals surface area contributed by atoms with Crippen LogP contribution in [-0.2, 0) is 4.74 Å². The predicted octanol–water partition coefficient (Wildman–Crippen LogP) is 3.58. The normalized spacial score (nSPS) is 10.1. The van der Waals surface area contributed by atoms with E-state index >= 15 is 0 Å². The van der Waals surface area contributed by atoms with Crippen molar-refractivity contribution in [2.75, 3.05) is 11.9 Å². The summed E-state index contributed by atoms with van der Waals surface area (Å²) in [5.41, 5.74) is 1.08. The van der Waals surface area contributed by atoms with Gasteiger partial charge in [-0.15, -0.1) is 0 Å². The number of hydrogen-bond acceptors (Lipinski definition) is 4. The van der Waals surface area contributed by atoms with Crippen molar-refractivity contribution < 1.29 is 19.4 Å². The molecule has 0 aliphatic carbocycles. The van der Waals surface area contributed by atoms with Gasteiger partial charge in [0, 0.05) is 10.2 Å². The first-order chi connectivity index (χ1) is 10.5. The molecule has 0 heterocycles. The fourth-order valence-electron chi connectivity index (χ4n) is 1.79. The molecule has 0 spiro atoms. The Kier molecular flexibility index (Phi) is 5.16. The SMILES string of the molecule is CCOC(=O)c1ccc(NC(=O)c2cc(Br)ccc2O)cc1. The summed E-state index contributed by atoms with van der Waals surface area (Å²) in [7, 11) is 0. The first-order valence-electron chi connectivity index (χ1n) is 6.58. The quantitative estimate of drug-likeness (QED) is 0.814. The second-order valence-electron chi connectivity index (χ2n) is 4.41. The molecule has 114 valence electrons. The van der Waals surface area contributed by atoms with Crippen LogP contribution < -0.4 is 5.32 Å². The van der Waals surface area contributed by atoms with E-state index in [-0.39, 0.29) is 11.3 Å². The summed E-state index contributed by atoms with van der Waals surface area (Å²) < 4.78 is 5.57. The molecule has 5 nitrogen and oxygen atoms in total. The van der Waals surface area contributed by atoms with Crippen molar-refractivity contribution in [2.45, 2.75) is 6.92 Å². The van der Waals surface area contributed by atoms with Crippen LogP contribution in [-0.4, -0.2) is 23.6 Å². The molecule has 0 bridgehead atoms. The molecule has 0 radical (unpaired) electrons. The van der Waals surface area contributed by atoms with E-state index in [4.69, 9.17) is 4.74 Å². The fourth-order valence-corrected chi connectivity index (χ4v) is 2.15. The molecule has 6 heteroatoms. The number of benzene rings is 2. The number of phenols is 1. The highest BCUT2D eigenvalue weighted by atomic mass is 79.9. The van der Waals surface area contributed by atoms with Gasteiger partial charge < -0.3 is 15.2 Å². The van der Waals surface area contributed by atoms with Crippen LogP contribution in [0.2, 0.25) is 0 Å². The number of esters is 1. The van der Waals surface area contributed by atoms with Crippen LogP contribution in [0.1, 0.15) is 27.6 Å². The average Bonchev–Trinajstić information content (AvgIpc) is 2.50. The predicted molar refractivity (Wildman–Crippen MR) is 86.2 cm³/mol. The standard InChI is InChI=1S/C16H14BrNO4/c1-2-22-16(21)10-3-6-12(7-4-10)18-15(20)13-9-11(17)5-8-14(13)19/h3-9,19H,2H2,1H3,(H,18,20). The van der Waals surface area contributed by atoms with E-state index in [2.05, 4.69) is 21.2 Å². The van der Waals surface area contributed by atoms with Gasteiger partial charge in [-0.2, -0.15) is 0 Å². The summed E-state index contributed by atoms with van der Waals surface area (Å²) >= 11 is 3.25. The van der Waals surface area contributed by atoms with Crippen LogP contribution in [0.15, 0.2) is 46.9 Å². The third-order valence-corrected chi connectivity index (χ3v) is 3.35. The summed E-state index contributed by atoms with van der Waals surface area (Å²) in [6.45, 7) is 2.04. The highest BCUT2D eigenvalue weighted by Gasteiger charge is 2.12. The Bertz CT molecular complexity index is 698. The van der Waals surface area contributed by atoms with Crippen molar-refractivity contribution in [3.05, 3.63) is 58.1 Å². The Morgan fingerprint density at radius 1 is 1.18 bits per heavy atom. The second-order valence-corrected chi connectivity index (χ2v) is 5.33. The van der Waals surface area contributed by atoms with Gasteiger partial charge in [-0.1, -0.05) is 15.9 Å². The van der Waals surface area contributed by atoms with Gasteiger partial charge in [0.25, 0.3) is 5.91 Å². The van der Waals surface area contributed by atoms with Crippen LogP contribution in [0.25, 0.3) is 0 Å². The van der Waals surface area contributed by atoms with Gasteiger partial charge in [0.1, 0.15) is 5.75 Å². The molecule has 2 aromatic rings. The number of ether oxygens (including phenoxy) is 1. The summed E-state index contributed by atoms with van der Waals surface area (Å²) in [5, 5.41) is 12.4. The minimum absolute atomic E-state index is 0.108. The maximum absolute atomic E-state index is 12.1. The summed E-state index contributed by atoms with van der Waals surface area (Å²) in [4.78, 5) is 23.7. The second kappa shape index (κ2) is 7.09. The number of rotatable bonds is 4. The van der Waals surface area contributed by atoms with E-state index in [1.54, 1.807) is 37.3 Å². The first-order valence-corrected chi connectivity index (χ1v) is 7.37. The van der Waals surface area contributed by atoms with Crippen LogP contribution in [0, 0.1) is 0 Å². The lowest BCUT2D eigenvalue weighted by Crippen LogP contribution is -2.12. The molecule has 0 atom stereocenters. The van der Waals surface area contributed by atoms with Crippen LogP contribution in [0.3, 0.4) is 0 Å². The zero-order valence-electron chi connectivity index (χ0n) is 11.8. The smallest absolute Gasteiger partial charge is 0.338 e. The Morgan fingerprint density at radius 3 is 2.50 bits per heavy atom. The first kappa shape index (κ1) is 16.0. The molecular weight excluding hydrogens is 350 g/mol. The van der Waals surface area contributed by atoms with Crippen molar-refractivity contribution in [2.24, 2.45) is 0 Å². The Labute approximate surface area is 136 Å². The number of carbonyl (C=O) groups is 2. The number of phenolic OH excluding ortho intramolecular Hbond substituents is 1. The van der Waals surface area contributed by atoms with E-state index in [1.807, 2.05) is 0 Å². The van der Waals surface area contributed by atoms with E-state index in [9.17, 15) is 14.7 Å². The van der Waals surface area contributed by atoms with E-state index < -0.39 is 11.9 Å². The molecule has 0 saturated carbocycles. The number of carbonyl (C=O) groups excluding carboxylic acids is 2. The van der Waals surface area contributed by atoms with Gasteiger partial charge in [-0.3, -0.25) is 4.79 Å². The molecule has 2 aromatic carbocycles. The van der Waals surface area contributed by atoms with Gasteiger partial charge in [0.05, 0.1) is 17.7 Å². The number of hydrogen-bond donors (Lipinski definition) is 2. The van der Waals surface area contributed by atoms with Gasteiger partial charge in [0.2, 0.25) is 0 Å². The van der Waals surface area contributed by atoms with E-state index in [0.717, 1.165) is 0 Å². The van der Waals surface area contributed by atoms with Crippen LogP contribution in [0.4, 0.5) is 5.69 Å². The average molecular weight is 364 g/mol. The largest absolute Gasteiger partial charge is 0.507 e. The molecule has 1 amide bonds. The third kappa shape index (κ3) is 3.85. The monoisotopic (exact) mass is 363 g/mol. The molecule has 0 aromatic heterocycles. The van der Waals surface area contributed by atoms with Gasteiger partial charge in [0.15, 0.2) is 0 Å². The molecule has 2 rings (SSSR count). The number of aromatic hydroxyl groups is 1. The van der Waals surface area contributed by atoms with Crippen LogP contribution >= 0.6 is 15.9 Å². The van der Waals surface area contributed by atoms with Crippen molar-refractivity contribution in [1.82, 2.24) is 0 Å². The van der Waals surface area contributed by atoms with Crippen molar-refractivity contribution in [3.63, 3.8) is 0 Å². The van der Waals surface area contributed by atoms with Crippen molar-refractivity contribution in [3.8, 4) is 5.75 Å². The maximum Gasteiger partial charge on any atom is 0.338 e. The van der Waals surface area contributed by atoms with E-state index in [0.29, 0.717) is 22.3 Å². The lowest BCUT2D eigenvalue weighted by Gasteiger charge is -2.08. The Hall–Kier alpha value is -2.34. The molecular formula is C16H14BrNO4. The molecule has 0 fully saturated rings. The Morgan fingerprint density at radius 2 is 1.86 bits per heavy atom. The van der Waals surface area contributed by atoms with Gasteiger partial charge >= 0.3 is 5.97 Å². The van der Waals surface area contributed by atoms with Crippen LogP contribution in [0.5, 0.6) is 5.75 Å². The number of nitrogens with one attached hydrogen (secondary N) is 1. The molecule has 0 aliphatic heterocycles. The van der Waals surface area contributed by atoms with Gasteiger partial charge in [-0.25, -0.2) is 4.79 Å². The highest BCUT2D eigenvalue weighted by molar-refractivity contribution is 9.10. The number of amides is 1. The molecule has 0 aliphatic rings. The summed E-state index contributed by atoms with van der Waals surface area (Å²) in [6, 6.07) is 10.9. The minimum atomic E-state index is -0.442.